The molecule has 1 aliphatic rings. The van der Waals surface area contributed by atoms with E-state index in [9.17, 15) is 14.4 Å². The molecule has 1 aliphatic heterocycles. The van der Waals surface area contributed by atoms with Gasteiger partial charge in [-0.05, 0) is 74.2 Å². The van der Waals surface area contributed by atoms with E-state index in [1.54, 1.807) is 48.5 Å². The number of anilines is 1. The molecule has 1 unspecified atom stereocenters. The van der Waals surface area contributed by atoms with Gasteiger partial charge in [-0.3, -0.25) is 14.4 Å². The van der Waals surface area contributed by atoms with Crippen LogP contribution in [0, 0.1) is 5.92 Å². The highest BCUT2D eigenvalue weighted by atomic mass is 16.5. The van der Waals surface area contributed by atoms with Gasteiger partial charge in [-0.25, -0.2) is 0 Å². The summed E-state index contributed by atoms with van der Waals surface area (Å²) < 4.78 is 5.41. The summed E-state index contributed by atoms with van der Waals surface area (Å²) in [6.45, 7) is 7.79. The smallest absolute Gasteiger partial charge is 0.253 e. The number of likely N-dealkylation sites (tertiary alicyclic amines) is 1. The maximum Gasteiger partial charge on any atom is 0.253 e. The number of carbonyl (C=O) groups excluding carboxylic acids is 3. The lowest BCUT2D eigenvalue weighted by Crippen LogP contribution is -2.47. The molecule has 3 amide bonds. The standard InChI is InChI=1S/C27H35N3O4/c1-4-34-23-15-11-20(12-16-23)25(31)29-24(19(2)3)26(32)28-22-13-9-21(10-14-22)27(33)30-17-7-5-6-8-18-30/h9-16,19,24H,4-8,17-18H2,1-3H3,(H,28,32)(H,29,31). The van der Waals surface area contributed by atoms with Crippen LogP contribution in [0.2, 0.25) is 0 Å². The molecule has 2 aromatic carbocycles. The summed E-state index contributed by atoms with van der Waals surface area (Å²) in [7, 11) is 0. The Morgan fingerprint density at radius 2 is 1.47 bits per heavy atom. The third-order valence-corrected chi connectivity index (χ3v) is 5.96. The minimum absolute atomic E-state index is 0.0300. The summed E-state index contributed by atoms with van der Waals surface area (Å²) >= 11 is 0. The first kappa shape index (κ1) is 25.3. The maximum atomic E-state index is 12.9. The minimum Gasteiger partial charge on any atom is -0.494 e. The molecule has 3 rings (SSSR count). The van der Waals surface area contributed by atoms with Crippen molar-refractivity contribution in [3.8, 4) is 5.75 Å². The van der Waals surface area contributed by atoms with Crippen LogP contribution in [0.3, 0.4) is 0 Å². The van der Waals surface area contributed by atoms with Gasteiger partial charge in [0, 0.05) is 29.9 Å². The van der Waals surface area contributed by atoms with Crippen LogP contribution < -0.4 is 15.4 Å². The van der Waals surface area contributed by atoms with Crippen molar-refractivity contribution in [2.24, 2.45) is 5.92 Å². The summed E-state index contributed by atoms with van der Waals surface area (Å²) in [6.07, 6.45) is 4.42. The third kappa shape index (κ3) is 6.83. The van der Waals surface area contributed by atoms with Gasteiger partial charge < -0.3 is 20.3 Å². The molecule has 1 saturated heterocycles. The van der Waals surface area contributed by atoms with Crippen LogP contribution in [0.25, 0.3) is 0 Å². The van der Waals surface area contributed by atoms with Crippen LogP contribution >= 0.6 is 0 Å². The molecule has 7 nitrogen and oxygen atoms in total. The summed E-state index contributed by atoms with van der Waals surface area (Å²) in [5, 5.41) is 5.69. The van der Waals surface area contributed by atoms with E-state index in [4.69, 9.17) is 4.74 Å². The van der Waals surface area contributed by atoms with Gasteiger partial charge >= 0.3 is 0 Å². The average Bonchev–Trinajstić information content (AvgIpc) is 3.12. The number of hydrogen-bond acceptors (Lipinski definition) is 4. The zero-order valence-electron chi connectivity index (χ0n) is 20.3. The molecule has 182 valence electrons. The van der Waals surface area contributed by atoms with E-state index in [1.165, 1.54) is 12.8 Å². The monoisotopic (exact) mass is 465 g/mol. The van der Waals surface area contributed by atoms with E-state index in [2.05, 4.69) is 10.6 Å². The minimum atomic E-state index is -0.711. The molecule has 1 fully saturated rings. The molecular weight excluding hydrogens is 430 g/mol. The van der Waals surface area contributed by atoms with Gasteiger partial charge in [0.15, 0.2) is 0 Å². The van der Waals surface area contributed by atoms with Crippen molar-refractivity contribution in [2.75, 3.05) is 25.0 Å². The Labute approximate surface area is 201 Å². The maximum absolute atomic E-state index is 12.9. The summed E-state index contributed by atoms with van der Waals surface area (Å²) in [5.41, 5.74) is 1.65. The molecule has 0 aromatic heterocycles. The Balaban J connectivity index is 1.61. The Morgan fingerprint density at radius 3 is 2.03 bits per heavy atom. The van der Waals surface area contributed by atoms with Crippen LogP contribution in [0.4, 0.5) is 5.69 Å². The first-order valence-electron chi connectivity index (χ1n) is 12.1. The Morgan fingerprint density at radius 1 is 0.882 bits per heavy atom. The van der Waals surface area contributed by atoms with Crippen LogP contribution in [0.5, 0.6) is 5.75 Å². The Kier molecular flexibility index (Phi) is 9.08. The van der Waals surface area contributed by atoms with Crippen LogP contribution in [0.1, 0.15) is 67.2 Å². The van der Waals surface area contributed by atoms with Crippen LogP contribution in [0.15, 0.2) is 48.5 Å². The molecule has 1 heterocycles. The number of carbonyl (C=O) groups is 3. The van der Waals surface area contributed by atoms with Crippen molar-refractivity contribution < 1.29 is 19.1 Å². The summed E-state index contributed by atoms with van der Waals surface area (Å²) in [6, 6.07) is 13.1. The van der Waals surface area contributed by atoms with Crippen molar-refractivity contribution in [1.82, 2.24) is 10.2 Å². The summed E-state index contributed by atoms with van der Waals surface area (Å²) in [4.78, 5) is 40.3. The molecule has 0 radical (unpaired) electrons. The highest BCUT2D eigenvalue weighted by Crippen LogP contribution is 2.17. The first-order valence-corrected chi connectivity index (χ1v) is 12.1. The largest absolute Gasteiger partial charge is 0.494 e. The topological polar surface area (TPSA) is 87.7 Å². The highest BCUT2D eigenvalue weighted by molar-refractivity contribution is 6.01. The van der Waals surface area contributed by atoms with E-state index in [0.29, 0.717) is 29.2 Å². The molecule has 0 spiro atoms. The number of nitrogens with one attached hydrogen (secondary N) is 2. The van der Waals surface area contributed by atoms with Gasteiger partial charge in [0.05, 0.1) is 6.61 Å². The van der Waals surface area contributed by atoms with Crippen molar-refractivity contribution in [3.05, 3.63) is 59.7 Å². The van der Waals surface area contributed by atoms with Gasteiger partial charge in [0.2, 0.25) is 5.91 Å². The Hall–Kier alpha value is -3.35. The first-order chi connectivity index (χ1) is 16.4. The number of amides is 3. The van der Waals surface area contributed by atoms with Crippen LogP contribution in [-0.4, -0.2) is 48.4 Å². The molecule has 2 N–H and O–H groups in total. The second kappa shape index (κ2) is 12.2. The van der Waals surface area contributed by atoms with Crippen molar-refractivity contribution in [1.29, 1.82) is 0 Å². The highest BCUT2D eigenvalue weighted by Gasteiger charge is 2.25. The molecular formula is C27H35N3O4. The number of hydrogen-bond donors (Lipinski definition) is 2. The van der Waals surface area contributed by atoms with Gasteiger partial charge in [0.25, 0.3) is 11.8 Å². The van der Waals surface area contributed by atoms with E-state index in [1.807, 2.05) is 25.7 Å². The molecule has 7 heteroatoms. The Bertz CT molecular complexity index is 962. The second-order valence-electron chi connectivity index (χ2n) is 8.93. The molecule has 1 atom stereocenters. The zero-order chi connectivity index (χ0) is 24.5. The van der Waals surface area contributed by atoms with Gasteiger partial charge in [0.1, 0.15) is 11.8 Å². The average molecular weight is 466 g/mol. The molecule has 2 aromatic rings. The lowest BCUT2D eigenvalue weighted by Gasteiger charge is -2.22. The third-order valence-electron chi connectivity index (χ3n) is 5.96. The number of rotatable bonds is 8. The zero-order valence-corrected chi connectivity index (χ0v) is 20.3. The summed E-state index contributed by atoms with van der Waals surface area (Å²) in [5.74, 6) is -0.0239. The fraction of sp³-hybridized carbons (Fsp3) is 0.444. The van der Waals surface area contributed by atoms with E-state index in [0.717, 1.165) is 25.9 Å². The molecule has 0 bridgehead atoms. The van der Waals surface area contributed by atoms with E-state index >= 15 is 0 Å². The predicted molar refractivity (Wildman–Crippen MR) is 133 cm³/mol. The van der Waals surface area contributed by atoms with Gasteiger partial charge in [-0.2, -0.15) is 0 Å². The lowest BCUT2D eigenvalue weighted by molar-refractivity contribution is -0.118. The van der Waals surface area contributed by atoms with Crippen molar-refractivity contribution in [3.63, 3.8) is 0 Å². The van der Waals surface area contributed by atoms with E-state index < -0.39 is 6.04 Å². The van der Waals surface area contributed by atoms with Gasteiger partial charge in [-0.15, -0.1) is 0 Å². The number of ether oxygens (including phenoxy) is 1. The molecule has 34 heavy (non-hydrogen) atoms. The number of nitrogens with zero attached hydrogens (tertiary/aromatic N) is 1. The quantitative estimate of drug-likeness (QED) is 0.601. The second-order valence-corrected chi connectivity index (χ2v) is 8.93. The molecule has 0 saturated carbocycles. The van der Waals surface area contributed by atoms with Crippen molar-refractivity contribution >= 4 is 23.4 Å². The predicted octanol–water partition coefficient (Wildman–Crippen LogP) is 4.49. The number of benzene rings is 2. The normalized spacial score (nSPS) is 14.8. The fourth-order valence-electron chi connectivity index (χ4n) is 4.00. The van der Waals surface area contributed by atoms with Crippen molar-refractivity contribution in [2.45, 2.75) is 52.5 Å². The van der Waals surface area contributed by atoms with Crippen LogP contribution in [-0.2, 0) is 4.79 Å². The van der Waals surface area contributed by atoms with Gasteiger partial charge in [-0.1, -0.05) is 26.7 Å². The van der Waals surface area contributed by atoms with E-state index in [-0.39, 0.29) is 23.6 Å². The lowest BCUT2D eigenvalue weighted by atomic mass is 10.0. The SMILES string of the molecule is CCOc1ccc(C(=O)NC(C(=O)Nc2ccc(C(=O)N3CCCCCC3)cc2)C(C)C)cc1. The fourth-order valence-corrected chi connectivity index (χ4v) is 4.00. The molecule has 0 aliphatic carbocycles.